The normalized spacial score (nSPS) is 11.6. The van der Waals surface area contributed by atoms with Crippen LogP contribution in [0.15, 0.2) is 65.8 Å². The molecule has 0 saturated heterocycles. The van der Waals surface area contributed by atoms with E-state index in [1.165, 1.54) is 31.3 Å². The molecule has 1 amide bonds. The molecule has 9 heteroatoms. The first kappa shape index (κ1) is 21.0. The second kappa shape index (κ2) is 8.77. The zero-order valence-corrected chi connectivity index (χ0v) is 17.6. The molecule has 1 heterocycles. The number of nitrogens with one attached hydrogen (secondary N) is 1. The van der Waals surface area contributed by atoms with E-state index in [0.717, 1.165) is 21.4 Å². The van der Waals surface area contributed by atoms with Gasteiger partial charge in [0.15, 0.2) is 0 Å². The third kappa shape index (κ3) is 5.03. The molecule has 0 aliphatic heterocycles. The average molecular weight is 433 g/mol. The van der Waals surface area contributed by atoms with Crippen LogP contribution in [0.5, 0.6) is 0 Å². The minimum absolute atomic E-state index is 0.0857. The molecular formula is C20H21ClN4O3S. The summed E-state index contributed by atoms with van der Waals surface area (Å²) in [7, 11) is -2.40. The monoisotopic (exact) mass is 432 g/mol. The van der Waals surface area contributed by atoms with Gasteiger partial charge in [-0.05, 0) is 48.9 Å². The van der Waals surface area contributed by atoms with Gasteiger partial charge in [-0.15, -0.1) is 0 Å². The lowest BCUT2D eigenvalue weighted by atomic mass is 10.2. The first-order valence-corrected chi connectivity index (χ1v) is 10.7. The molecule has 7 nitrogen and oxygen atoms in total. The van der Waals surface area contributed by atoms with Gasteiger partial charge in [0.05, 0.1) is 11.4 Å². The van der Waals surface area contributed by atoms with E-state index >= 15 is 0 Å². The van der Waals surface area contributed by atoms with E-state index in [2.05, 4.69) is 10.3 Å². The molecule has 1 aromatic heterocycles. The van der Waals surface area contributed by atoms with Crippen molar-refractivity contribution in [1.29, 1.82) is 0 Å². The Morgan fingerprint density at radius 2 is 1.79 bits per heavy atom. The quantitative estimate of drug-likeness (QED) is 0.622. The molecule has 0 bridgehead atoms. The van der Waals surface area contributed by atoms with Gasteiger partial charge >= 0.3 is 0 Å². The predicted octanol–water partition coefficient (Wildman–Crippen LogP) is 2.77. The lowest BCUT2D eigenvalue weighted by Crippen LogP contribution is -2.38. The van der Waals surface area contributed by atoms with Crippen molar-refractivity contribution < 1.29 is 13.2 Å². The molecule has 0 fully saturated rings. The molecule has 3 rings (SSSR count). The molecule has 0 aliphatic rings. The van der Waals surface area contributed by atoms with Crippen LogP contribution in [0, 0.1) is 6.92 Å². The molecular weight excluding hydrogens is 412 g/mol. The van der Waals surface area contributed by atoms with Crippen molar-refractivity contribution in [2.24, 2.45) is 0 Å². The summed E-state index contributed by atoms with van der Waals surface area (Å²) in [5.74, 6) is 0.496. The maximum atomic E-state index is 12.5. The van der Waals surface area contributed by atoms with Gasteiger partial charge in [-0.1, -0.05) is 23.7 Å². The van der Waals surface area contributed by atoms with E-state index in [-0.39, 0.29) is 17.3 Å². The van der Waals surface area contributed by atoms with Gasteiger partial charge in [-0.25, -0.2) is 13.4 Å². The number of carbonyl (C=O) groups excluding carboxylic acids is 1. The second-order valence-corrected chi connectivity index (χ2v) is 8.98. The van der Waals surface area contributed by atoms with Crippen LogP contribution in [0.2, 0.25) is 5.02 Å². The zero-order valence-electron chi connectivity index (χ0n) is 16.0. The maximum absolute atomic E-state index is 12.5. The Bertz CT molecular complexity index is 1090. The molecule has 3 aromatic rings. The highest BCUT2D eigenvalue weighted by Gasteiger charge is 2.22. The van der Waals surface area contributed by atoms with Gasteiger partial charge in [0.1, 0.15) is 5.82 Å². The van der Waals surface area contributed by atoms with E-state index in [1.54, 1.807) is 6.20 Å². The number of hydrogen-bond donors (Lipinski definition) is 1. The van der Waals surface area contributed by atoms with Crippen molar-refractivity contribution in [2.75, 3.05) is 13.6 Å². The standard InChI is InChI=1S/C20H21ClN4O3S/c1-15-22-11-12-25(15)18-7-3-16(4-8-18)13-23-20(26)14-24(2)29(27,28)19-9-5-17(21)6-10-19/h3-12H,13-14H2,1-2H3,(H,23,26). The van der Waals surface area contributed by atoms with Crippen molar-refractivity contribution in [2.45, 2.75) is 18.4 Å². The highest BCUT2D eigenvalue weighted by molar-refractivity contribution is 7.89. The topological polar surface area (TPSA) is 84.3 Å². The van der Waals surface area contributed by atoms with Gasteiger partial charge in [0.25, 0.3) is 0 Å². The third-order valence-electron chi connectivity index (χ3n) is 4.42. The Balaban J connectivity index is 1.57. The number of amides is 1. The minimum atomic E-state index is -3.76. The molecule has 0 aliphatic carbocycles. The smallest absolute Gasteiger partial charge is 0.243 e. The summed E-state index contributed by atoms with van der Waals surface area (Å²) in [6.45, 7) is 1.94. The summed E-state index contributed by atoms with van der Waals surface area (Å²) in [4.78, 5) is 16.5. The fourth-order valence-electron chi connectivity index (χ4n) is 2.76. The summed E-state index contributed by atoms with van der Waals surface area (Å²) < 4.78 is 28.0. The lowest BCUT2D eigenvalue weighted by molar-refractivity contribution is -0.121. The van der Waals surface area contributed by atoms with Crippen LogP contribution in [0.3, 0.4) is 0 Å². The number of nitrogens with zero attached hydrogens (tertiary/aromatic N) is 3. The van der Waals surface area contributed by atoms with Crippen LogP contribution in [-0.2, 0) is 21.4 Å². The van der Waals surface area contributed by atoms with Crippen LogP contribution in [0.25, 0.3) is 5.69 Å². The Morgan fingerprint density at radius 1 is 1.14 bits per heavy atom. The number of rotatable bonds is 7. The SMILES string of the molecule is Cc1nccn1-c1ccc(CNC(=O)CN(C)S(=O)(=O)c2ccc(Cl)cc2)cc1. The molecule has 0 radical (unpaired) electrons. The number of sulfonamides is 1. The van der Waals surface area contributed by atoms with Crippen molar-refractivity contribution in [3.05, 3.63) is 77.3 Å². The highest BCUT2D eigenvalue weighted by atomic mass is 35.5. The Kier molecular flexibility index (Phi) is 6.36. The Labute approximate surface area is 175 Å². The number of benzene rings is 2. The molecule has 1 N–H and O–H groups in total. The van der Waals surface area contributed by atoms with Crippen molar-refractivity contribution >= 4 is 27.5 Å². The fourth-order valence-corrected chi connectivity index (χ4v) is 4.01. The van der Waals surface area contributed by atoms with Crippen molar-refractivity contribution in [1.82, 2.24) is 19.2 Å². The molecule has 152 valence electrons. The number of aromatic nitrogens is 2. The Morgan fingerprint density at radius 3 is 2.38 bits per heavy atom. The average Bonchev–Trinajstić information content (AvgIpc) is 3.13. The van der Waals surface area contributed by atoms with Crippen LogP contribution in [0.4, 0.5) is 0 Å². The summed E-state index contributed by atoms with van der Waals surface area (Å²) in [5.41, 5.74) is 1.88. The number of carbonyl (C=O) groups is 1. The summed E-state index contributed by atoms with van der Waals surface area (Å²) in [5, 5.41) is 3.19. The predicted molar refractivity (Wildman–Crippen MR) is 111 cm³/mol. The zero-order chi connectivity index (χ0) is 21.0. The van der Waals surface area contributed by atoms with E-state index in [9.17, 15) is 13.2 Å². The van der Waals surface area contributed by atoms with Crippen LogP contribution in [-0.4, -0.2) is 41.8 Å². The number of hydrogen-bond acceptors (Lipinski definition) is 4. The maximum Gasteiger partial charge on any atom is 0.243 e. The van der Waals surface area contributed by atoms with Gasteiger partial charge in [-0.2, -0.15) is 4.31 Å². The summed E-state index contributed by atoms with van der Waals surface area (Å²) >= 11 is 5.79. The van der Waals surface area contributed by atoms with E-state index in [1.807, 2.05) is 42.0 Å². The number of likely N-dealkylation sites (N-methyl/N-ethyl adjacent to an activating group) is 1. The molecule has 0 saturated carbocycles. The van der Waals surface area contributed by atoms with E-state index in [0.29, 0.717) is 11.6 Å². The highest BCUT2D eigenvalue weighted by Crippen LogP contribution is 2.17. The van der Waals surface area contributed by atoms with Gasteiger partial charge in [0, 0.05) is 36.7 Å². The van der Waals surface area contributed by atoms with Crippen LogP contribution < -0.4 is 5.32 Å². The van der Waals surface area contributed by atoms with Crippen LogP contribution >= 0.6 is 11.6 Å². The first-order chi connectivity index (χ1) is 13.8. The molecule has 0 unspecified atom stereocenters. The first-order valence-electron chi connectivity index (χ1n) is 8.85. The summed E-state index contributed by atoms with van der Waals surface area (Å²) in [6.07, 6.45) is 3.61. The molecule has 2 aromatic carbocycles. The molecule has 0 spiro atoms. The minimum Gasteiger partial charge on any atom is -0.351 e. The summed E-state index contributed by atoms with van der Waals surface area (Å²) in [6, 6.07) is 13.5. The van der Waals surface area contributed by atoms with E-state index in [4.69, 9.17) is 11.6 Å². The van der Waals surface area contributed by atoms with Crippen molar-refractivity contribution in [3.63, 3.8) is 0 Å². The van der Waals surface area contributed by atoms with Gasteiger partial charge in [-0.3, -0.25) is 4.79 Å². The number of aryl methyl sites for hydroxylation is 1. The largest absolute Gasteiger partial charge is 0.351 e. The lowest BCUT2D eigenvalue weighted by Gasteiger charge is -2.17. The molecule has 0 atom stereocenters. The Hall–Kier alpha value is -2.68. The van der Waals surface area contributed by atoms with Crippen LogP contribution in [0.1, 0.15) is 11.4 Å². The van der Waals surface area contributed by atoms with E-state index < -0.39 is 10.0 Å². The molecule has 29 heavy (non-hydrogen) atoms. The van der Waals surface area contributed by atoms with Gasteiger partial charge < -0.3 is 9.88 Å². The fraction of sp³-hybridized carbons (Fsp3) is 0.200. The number of imidazole rings is 1. The van der Waals surface area contributed by atoms with Crippen molar-refractivity contribution in [3.8, 4) is 5.69 Å². The third-order valence-corrected chi connectivity index (χ3v) is 6.49. The van der Waals surface area contributed by atoms with Gasteiger partial charge in [0.2, 0.25) is 15.9 Å². The number of halogens is 1. The second-order valence-electron chi connectivity index (χ2n) is 6.50.